The number of hydrogen-bond donors (Lipinski definition) is 1. The third-order valence-corrected chi connectivity index (χ3v) is 3.20. The van der Waals surface area contributed by atoms with E-state index in [1.165, 1.54) is 6.42 Å². The van der Waals surface area contributed by atoms with Crippen LogP contribution in [-0.4, -0.2) is 23.5 Å². The summed E-state index contributed by atoms with van der Waals surface area (Å²) in [6, 6.07) is 4.31. The first kappa shape index (κ1) is 14.0. The van der Waals surface area contributed by atoms with Crippen LogP contribution in [0.2, 0.25) is 0 Å². The lowest BCUT2D eigenvalue weighted by atomic mass is 9.92. The van der Waals surface area contributed by atoms with Gasteiger partial charge in [0.05, 0.1) is 0 Å². The maximum atomic E-state index is 5.90. The molecule has 2 N–H and O–H groups in total. The zero-order valence-corrected chi connectivity index (χ0v) is 11.7. The Labute approximate surface area is 105 Å². The molecule has 0 aliphatic rings. The summed E-state index contributed by atoms with van der Waals surface area (Å²) in [7, 11) is 2.14. The zero-order chi connectivity index (χ0) is 13.1. The monoisotopic (exact) mass is 235 g/mol. The van der Waals surface area contributed by atoms with Crippen LogP contribution in [0.1, 0.15) is 45.7 Å². The molecule has 1 aromatic heterocycles. The van der Waals surface area contributed by atoms with Crippen LogP contribution >= 0.6 is 0 Å². The molecule has 1 aromatic rings. The van der Waals surface area contributed by atoms with Crippen molar-refractivity contribution < 1.29 is 0 Å². The van der Waals surface area contributed by atoms with Crippen molar-refractivity contribution in [2.24, 2.45) is 5.41 Å². The van der Waals surface area contributed by atoms with Crippen molar-refractivity contribution in [2.45, 2.75) is 40.2 Å². The van der Waals surface area contributed by atoms with Crippen molar-refractivity contribution in [2.75, 3.05) is 19.3 Å². The first-order valence-electron chi connectivity index (χ1n) is 6.22. The van der Waals surface area contributed by atoms with Crippen LogP contribution in [0.25, 0.3) is 0 Å². The van der Waals surface area contributed by atoms with Gasteiger partial charge in [-0.2, -0.15) is 0 Å². The predicted molar refractivity (Wildman–Crippen MR) is 73.8 cm³/mol. The Bertz CT molecular complexity index is 355. The fraction of sp³-hybridized carbons (Fsp3) is 0.643. The Morgan fingerprint density at radius 3 is 2.59 bits per heavy atom. The second-order valence-corrected chi connectivity index (χ2v) is 5.95. The second kappa shape index (κ2) is 5.50. The molecular weight excluding hydrogens is 210 g/mol. The van der Waals surface area contributed by atoms with Gasteiger partial charge in [0.2, 0.25) is 0 Å². The van der Waals surface area contributed by atoms with E-state index >= 15 is 0 Å². The Morgan fingerprint density at radius 2 is 2.06 bits per heavy atom. The Balaban J connectivity index is 2.64. The van der Waals surface area contributed by atoms with Crippen molar-refractivity contribution in [1.29, 1.82) is 0 Å². The molecule has 0 amide bonds. The molecule has 1 heterocycles. The molecule has 0 spiro atoms. The molecule has 0 radical (unpaired) electrons. The molecule has 0 aromatic carbocycles. The summed E-state index contributed by atoms with van der Waals surface area (Å²) in [5.41, 5.74) is 7.39. The maximum Gasteiger partial charge on any atom is 0.128 e. The van der Waals surface area contributed by atoms with Crippen LogP contribution < -0.4 is 5.73 Å². The smallest absolute Gasteiger partial charge is 0.128 e. The van der Waals surface area contributed by atoms with E-state index in [0.717, 1.165) is 12.1 Å². The standard InChI is InChI=1S/C14H25N3/c1-11(12-7-6-9-16-13(12)15)17(5)10-8-14(2,3)4/h6-7,9,11H,8,10H2,1-5H3,(H2,15,16). The fourth-order valence-electron chi connectivity index (χ4n) is 1.73. The van der Waals surface area contributed by atoms with E-state index in [9.17, 15) is 0 Å². The van der Waals surface area contributed by atoms with Gasteiger partial charge in [0.15, 0.2) is 0 Å². The molecule has 1 unspecified atom stereocenters. The number of nitrogens with two attached hydrogens (primary N) is 1. The van der Waals surface area contributed by atoms with Gasteiger partial charge in [-0.15, -0.1) is 0 Å². The summed E-state index contributed by atoms with van der Waals surface area (Å²) >= 11 is 0. The highest BCUT2D eigenvalue weighted by Gasteiger charge is 2.17. The van der Waals surface area contributed by atoms with E-state index in [0.29, 0.717) is 17.3 Å². The van der Waals surface area contributed by atoms with Crippen molar-refractivity contribution in [3.8, 4) is 0 Å². The van der Waals surface area contributed by atoms with Gasteiger partial charge in [-0.3, -0.25) is 4.90 Å². The van der Waals surface area contributed by atoms with Crippen LogP contribution in [-0.2, 0) is 0 Å². The number of anilines is 1. The van der Waals surface area contributed by atoms with Gasteiger partial charge in [-0.1, -0.05) is 26.8 Å². The van der Waals surface area contributed by atoms with Crippen molar-refractivity contribution >= 4 is 5.82 Å². The molecule has 3 nitrogen and oxygen atoms in total. The highest BCUT2D eigenvalue weighted by atomic mass is 15.1. The van der Waals surface area contributed by atoms with Gasteiger partial charge in [0, 0.05) is 17.8 Å². The van der Waals surface area contributed by atoms with Crippen molar-refractivity contribution in [1.82, 2.24) is 9.88 Å². The van der Waals surface area contributed by atoms with E-state index < -0.39 is 0 Å². The SMILES string of the molecule is CC(c1cccnc1N)N(C)CCC(C)(C)C. The highest BCUT2D eigenvalue weighted by Crippen LogP contribution is 2.25. The molecular formula is C14H25N3. The maximum absolute atomic E-state index is 5.90. The average Bonchev–Trinajstić information content (AvgIpc) is 2.24. The number of aromatic nitrogens is 1. The van der Waals surface area contributed by atoms with Crippen molar-refractivity contribution in [3.05, 3.63) is 23.9 Å². The molecule has 0 aliphatic carbocycles. The summed E-state index contributed by atoms with van der Waals surface area (Å²) in [6.45, 7) is 10.0. The third-order valence-electron chi connectivity index (χ3n) is 3.20. The topological polar surface area (TPSA) is 42.1 Å². The lowest BCUT2D eigenvalue weighted by molar-refractivity contribution is 0.218. The van der Waals surface area contributed by atoms with Crippen LogP contribution in [0.15, 0.2) is 18.3 Å². The lowest BCUT2D eigenvalue weighted by Gasteiger charge is -2.28. The number of nitrogens with zero attached hydrogens (tertiary/aromatic N) is 2. The minimum atomic E-state index is 0.311. The fourth-order valence-corrected chi connectivity index (χ4v) is 1.73. The largest absolute Gasteiger partial charge is 0.383 e. The molecule has 0 fully saturated rings. The number of rotatable bonds is 4. The molecule has 0 bridgehead atoms. The number of nitrogen functional groups attached to an aromatic ring is 1. The number of hydrogen-bond acceptors (Lipinski definition) is 3. The first-order chi connectivity index (χ1) is 7.81. The quantitative estimate of drug-likeness (QED) is 0.872. The highest BCUT2D eigenvalue weighted by molar-refractivity contribution is 5.40. The summed E-state index contributed by atoms with van der Waals surface area (Å²) in [5.74, 6) is 0.641. The summed E-state index contributed by atoms with van der Waals surface area (Å²) in [5, 5.41) is 0. The van der Waals surface area contributed by atoms with Gasteiger partial charge in [0.1, 0.15) is 5.82 Å². The van der Waals surface area contributed by atoms with E-state index in [2.05, 4.69) is 50.7 Å². The predicted octanol–water partition coefficient (Wildman–Crippen LogP) is 3.09. The molecule has 1 rings (SSSR count). The van der Waals surface area contributed by atoms with E-state index in [-0.39, 0.29) is 0 Å². The molecule has 0 saturated carbocycles. The Morgan fingerprint density at radius 1 is 1.41 bits per heavy atom. The van der Waals surface area contributed by atoms with Crippen LogP contribution in [0.3, 0.4) is 0 Å². The van der Waals surface area contributed by atoms with Crippen LogP contribution in [0.5, 0.6) is 0 Å². The Hall–Kier alpha value is -1.09. The van der Waals surface area contributed by atoms with Crippen LogP contribution in [0.4, 0.5) is 5.82 Å². The third kappa shape index (κ3) is 4.35. The van der Waals surface area contributed by atoms with E-state index in [4.69, 9.17) is 5.73 Å². The van der Waals surface area contributed by atoms with Crippen LogP contribution in [0, 0.1) is 5.41 Å². The zero-order valence-electron chi connectivity index (χ0n) is 11.7. The van der Waals surface area contributed by atoms with E-state index in [1.54, 1.807) is 6.20 Å². The van der Waals surface area contributed by atoms with Gasteiger partial charge < -0.3 is 5.73 Å². The van der Waals surface area contributed by atoms with Crippen molar-refractivity contribution in [3.63, 3.8) is 0 Å². The Kier molecular flexibility index (Phi) is 4.52. The minimum absolute atomic E-state index is 0.311. The summed E-state index contributed by atoms with van der Waals surface area (Å²) < 4.78 is 0. The minimum Gasteiger partial charge on any atom is -0.383 e. The summed E-state index contributed by atoms with van der Waals surface area (Å²) in [6.07, 6.45) is 2.91. The molecule has 17 heavy (non-hydrogen) atoms. The molecule has 1 atom stereocenters. The van der Waals surface area contributed by atoms with E-state index in [1.807, 2.05) is 6.07 Å². The molecule has 0 aliphatic heterocycles. The van der Waals surface area contributed by atoms with Gasteiger partial charge >= 0.3 is 0 Å². The first-order valence-corrected chi connectivity index (χ1v) is 6.22. The average molecular weight is 235 g/mol. The van der Waals surface area contributed by atoms with Gasteiger partial charge in [-0.25, -0.2) is 4.98 Å². The summed E-state index contributed by atoms with van der Waals surface area (Å²) in [4.78, 5) is 6.47. The lowest BCUT2D eigenvalue weighted by Crippen LogP contribution is -2.27. The van der Waals surface area contributed by atoms with Gasteiger partial charge in [-0.05, 0) is 38.4 Å². The van der Waals surface area contributed by atoms with Gasteiger partial charge in [0.25, 0.3) is 0 Å². The molecule has 0 saturated heterocycles. The number of pyridine rings is 1. The normalized spacial score (nSPS) is 14.0. The molecule has 96 valence electrons. The molecule has 3 heteroatoms. The second-order valence-electron chi connectivity index (χ2n) is 5.95.